The number of ether oxygens (including phenoxy) is 1. The number of nitrogens with one attached hydrogen (secondary N) is 1. The molecule has 24 heavy (non-hydrogen) atoms. The molecule has 0 saturated heterocycles. The van der Waals surface area contributed by atoms with Crippen LogP contribution in [-0.4, -0.2) is 30.3 Å². The van der Waals surface area contributed by atoms with E-state index < -0.39 is 10.0 Å². The van der Waals surface area contributed by atoms with Crippen LogP contribution in [0.2, 0.25) is 5.02 Å². The van der Waals surface area contributed by atoms with Gasteiger partial charge in [0.1, 0.15) is 10.6 Å². The van der Waals surface area contributed by atoms with Gasteiger partial charge in [0.2, 0.25) is 0 Å². The maximum absolute atomic E-state index is 12.6. The van der Waals surface area contributed by atoms with Gasteiger partial charge in [0.05, 0.1) is 23.5 Å². The van der Waals surface area contributed by atoms with Crippen molar-refractivity contribution in [1.82, 2.24) is 14.8 Å². The predicted octanol–water partition coefficient (Wildman–Crippen LogP) is 2.74. The van der Waals surface area contributed by atoms with Crippen molar-refractivity contribution in [2.24, 2.45) is 7.05 Å². The number of hydrogen-bond donors (Lipinski definition) is 1. The second kappa shape index (κ2) is 5.95. The average molecular weight is 367 g/mol. The first-order chi connectivity index (χ1) is 11.3. The fourth-order valence-electron chi connectivity index (χ4n) is 2.35. The number of aryl methyl sites for hydroxylation is 2. The van der Waals surface area contributed by atoms with Gasteiger partial charge in [-0.25, -0.2) is 13.4 Å². The quantitative estimate of drug-likeness (QED) is 0.767. The minimum Gasteiger partial charge on any atom is -0.497 e. The molecule has 3 rings (SSSR count). The lowest BCUT2D eigenvalue weighted by atomic mass is 10.3. The van der Waals surface area contributed by atoms with Gasteiger partial charge in [0.15, 0.2) is 5.65 Å². The Kier molecular flexibility index (Phi) is 4.10. The van der Waals surface area contributed by atoms with E-state index >= 15 is 0 Å². The minimum absolute atomic E-state index is 0.0324. The molecule has 1 aromatic carbocycles. The number of nitrogens with zero attached hydrogens (tertiary/aromatic N) is 3. The number of halogens is 1. The number of pyridine rings is 1. The molecule has 1 N–H and O–H groups in total. The zero-order valence-corrected chi connectivity index (χ0v) is 14.8. The van der Waals surface area contributed by atoms with Crippen LogP contribution < -0.4 is 9.46 Å². The van der Waals surface area contributed by atoms with E-state index in [1.54, 1.807) is 36.9 Å². The zero-order valence-electron chi connectivity index (χ0n) is 13.2. The molecule has 126 valence electrons. The fraction of sp³-hybridized carbons (Fsp3) is 0.200. The number of anilines is 1. The number of rotatable bonds is 4. The first kappa shape index (κ1) is 16.5. The molecule has 0 amide bonds. The summed E-state index contributed by atoms with van der Waals surface area (Å²) in [5.41, 5.74) is 1.56. The summed E-state index contributed by atoms with van der Waals surface area (Å²) in [7, 11) is -0.604. The summed E-state index contributed by atoms with van der Waals surface area (Å²) in [6.45, 7) is 1.80. The van der Waals surface area contributed by atoms with Crippen LogP contribution in [0.1, 0.15) is 5.69 Å². The summed E-state index contributed by atoms with van der Waals surface area (Å²) in [5, 5.41) is 5.18. The lowest BCUT2D eigenvalue weighted by Gasteiger charge is -2.11. The summed E-state index contributed by atoms with van der Waals surface area (Å²) >= 11 is 6.06. The molecular weight excluding hydrogens is 352 g/mol. The van der Waals surface area contributed by atoms with E-state index in [9.17, 15) is 8.42 Å². The zero-order chi connectivity index (χ0) is 17.5. The number of sulfonamides is 1. The van der Waals surface area contributed by atoms with Gasteiger partial charge in [0, 0.05) is 24.7 Å². The van der Waals surface area contributed by atoms with Gasteiger partial charge >= 0.3 is 0 Å². The molecule has 3 aromatic rings. The number of methoxy groups -OCH3 is 1. The Bertz CT molecular complexity index is 1030. The van der Waals surface area contributed by atoms with E-state index in [2.05, 4.69) is 14.8 Å². The van der Waals surface area contributed by atoms with Gasteiger partial charge in [-0.1, -0.05) is 11.6 Å². The van der Waals surface area contributed by atoms with Crippen LogP contribution >= 0.6 is 11.6 Å². The summed E-state index contributed by atoms with van der Waals surface area (Å²) in [6.07, 6.45) is 1.29. The van der Waals surface area contributed by atoms with Gasteiger partial charge in [-0.3, -0.25) is 9.40 Å². The second-order valence-electron chi connectivity index (χ2n) is 5.20. The molecule has 0 spiro atoms. The van der Waals surface area contributed by atoms with Crippen molar-refractivity contribution in [3.8, 4) is 5.75 Å². The molecule has 0 bridgehead atoms. The van der Waals surface area contributed by atoms with Crippen molar-refractivity contribution in [2.45, 2.75) is 11.8 Å². The molecule has 2 heterocycles. The van der Waals surface area contributed by atoms with Gasteiger partial charge in [-0.05, 0) is 25.1 Å². The molecule has 0 aliphatic heterocycles. The van der Waals surface area contributed by atoms with Crippen LogP contribution in [-0.2, 0) is 17.1 Å². The lowest BCUT2D eigenvalue weighted by Crippen LogP contribution is -2.13. The Labute approximate surface area is 144 Å². The molecule has 0 aliphatic carbocycles. The van der Waals surface area contributed by atoms with Gasteiger partial charge in [-0.2, -0.15) is 5.10 Å². The maximum atomic E-state index is 12.6. The molecular formula is C15H15ClN4O3S. The van der Waals surface area contributed by atoms with E-state index in [1.165, 1.54) is 19.4 Å². The standard InChI is InChI=1S/C15H15ClN4O3S/c1-9-12-7-11(8-17-15(12)20(2)18-9)24(21,22)19-14-6-10(23-3)4-5-13(14)16/h4-8,19H,1-3H3. The number of benzene rings is 1. The van der Waals surface area contributed by atoms with E-state index in [-0.39, 0.29) is 15.6 Å². The second-order valence-corrected chi connectivity index (χ2v) is 7.29. The Morgan fingerprint density at radius 1 is 1.29 bits per heavy atom. The maximum Gasteiger partial charge on any atom is 0.263 e. The Hall–Kier alpha value is -2.32. The van der Waals surface area contributed by atoms with Crippen LogP contribution in [0, 0.1) is 6.92 Å². The van der Waals surface area contributed by atoms with E-state index in [0.717, 1.165) is 0 Å². The third kappa shape index (κ3) is 2.90. The number of hydrogen-bond acceptors (Lipinski definition) is 5. The molecule has 9 heteroatoms. The summed E-state index contributed by atoms with van der Waals surface area (Å²) < 4.78 is 34.4. The van der Waals surface area contributed by atoms with Crippen molar-refractivity contribution in [1.29, 1.82) is 0 Å². The molecule has 0 aliphatic rings. The van der Waals surface area contributed by atoms with Gasteiger partial charge < -0.3 is 4.74 Å². The lowest BCUT2D eigenvalue weighted by molar-refractivity contribution is 0.415. The van der Waals surface area contributed by atoms with E-state index in [1.807, 2.05) is 0 Å². The summed E-state index contributed by atoms with van der Waals surface area (Å²) in [6, 6.07) is 6.26. The number of fused-ring (bicyclic) bond motifs is 1. The normalized spacial score (nSPS) is 11.7. The van der Waals surface area contributed by atoms with Crippen LogP contribution in [0.5, 0.6) is 5.75 Å². The predicted molar refractivity (Wildman–Crippen MR) is 92.1 cm³/mol. The minimum atomic E-state index is -3.85. The number of aromatic nitrogens is 3. The van der Waals surface area contributed by atoms with Crippen LogP contribution in [0.3, 0.4) is 0 Å². The largest absolute Gasteiger partial charge is 0.497 e. The molecule has 2 aromatic heterocycles. The SMILES string of the molecule is COc1ccc(Cl)c(NS(=O)(=O)c2cnc3c(c2)c(C)nn3C)c1. The van der Waals surface area contributed by atoms with Crippen LogP contribution in [0.4, 0.5) is 5.69 Å². The Morgan fingerprint density at radius 3 is 2.75 bits per heavy atom. The highest BCUT2D eigenvalue weighted by atomic mass is 35.5. The average Bonchev–Trinajstić information content (AvgIpc) is 2.83. The smallest absolute Gasteiger partial charge is 0.263 e. The molecule has 0 atom stereocenters. The molecule has 0 unspecified atom stereocenters. The monoisotopic (exact) mass is 366 g/mol. The van der Waals surface area contributed by atoms with Gasteiger partial charge in [-0.15, -0.1) is 0 Å². The summed E-state index contributed by atoms with van der Waals surface area (Å²) in [4.78, 5) is 4.22. The van der Waals surface area contributed by atoms with Crippen molar-refractivity contribution < 1.29 is 13.2 Å². The summed E-state index contributed by atoms with van der Waals surface area (Å²) in [5.74, 6) is 0.494. The van der Waals surface area contributed by atoms with Crippen LogP contribution in [0.25, 0.3) is 11.0 Å². The first-order valence-corrected chi connectivity index (χ1v) is 8.83. The van der Waals surface area contributed by atoms with E-state index in [0.29, 0.717) is 22.5 Å². The van der Waals surface area contributed by atoms with E-state index in [4.69, 9.17) is 16.3 Å². The van der Waals surface area contributed by atoms with Crippen molar-refractivity contribution >= 4 is 38.3 Å². The van der Waals surface area contributed by atoms with Crippen molar-refractivity contribution in [2.75, 3.05) is 11.8 Å². The van der Waals surface area contributed by atoms with Crippen LogP contribution in [0.15, 0.2) is 35.4 Å². The third-order valence-corrected chi connectivity index (χ3v) is 5.23. The highest BCUT2D eigenvalue weighted by Gasteiger charge is 2.19. The first-order valence-electron chi connectivity index (χ1n) is 6.97. The highest BCUT2D eigenvalue weighted by Crippen LogP contribution is 2.29. The van der Waals surface area contributed by atoms with Gasteiger partial charge in [0.25, 0.3) is 10.0 Å². The fourth-order valence-corrected chi connectivity index (χ4v) is 3.61. The molecule has 0 fully saturated rings. The Morgan fingerprint density at radius 2 is 2.04 bits per heavy atom. The van der Waals surface area contributed by atoms with Crippen molar-refractivity contribution in [3.05, 3.63) is 41.2 Å². The topological polar surface area (TPSA) is 86.1 Å². The molecule has 0 radical (unpaired) electrons. The molecule has 7 nitrogen and oxygen atoms in total. The third-order valence-electron chi connectivity index (χ3n) is 3.57. The Balaban J connectivity index is 2.03. The highest BCUT2D eigenvalue weighted by molar-refractivity contribution is 7.92. The molecule has 0 saturated carbocycles. The van der Waals surface area contributed by atoms with Crippen molar-refractivity contribution in [3.63, 3.8) is 0 Å².